The molecular formula is C18H20FNO. The van der Waals surface area contributed by atoms with Gasteiger partial charge in [0, 0.05) is 11.3 Å². The fraction of sp³-hybridized carbons (Fsp3) is 0.167. The fourth-order valence-electron chi connectivity index (χ4n) is 1.79. The molecule has 21 heavy (non-hydrogen) atoms. The standard InChI is InChI=1S/C18H20FNO/c1-6-12(3)10-16-13(4)11-17(20-18(16)21)15(7-2)9-8-14(5)19/h6-11H,1-2H2,3-5H3,(H,20,21)/b12-10-,14-8+,15-9+. The third-order valence-electron chi connectivity index (χ3n) is 3.00. The topological polar surface area (TPSA) is 32.9 Å². The number of pyridine rings is 1. The summed E-state index contributed by atoms with van der Waals surface area (Å²) < 4.78 is 12.8. The summed E-state index contributed by atoms with van der Waals surface area (Å²) in [5, 5.41) is 0. The molecule has 0 radical (unpaired) electrons. The lowest BCUT2D eigenvalue weighted by atomic mass is 10.0. The van der Waals surface area contributed by atoms with E-state index in [0.29, 0.717) is 16.8 Å². The van der Waals surface area contributed by atoms with Gasteiger partial charge in [0.1, 0.15) is 0 Å². The first-order chi connectivity index (χ1) is 9.88. The first kappa shape index (κ1) is 16.6. The number of aryl methyl sites for hydroxylation is 1. The number of hydrogen-bond donors (Lipinski definition) is 1. The Kier molecular flexibility index (Phi) is 5.85. The highest BCUT2D eigenvalue weighted by molar-refractivity contribution is 5.73. The summed E-state index contributed by atoms with van der Waals surface area (Å²) >= 11 is 0. The van der Waals surface area contributed by atoms with Crippen molar-refractivity contribution in [2.24, 2.45) is 0 Å². The summed E-state index contributed by atoms with van der Waals surface area (Å²) in [4.78, 5) is 15.0. The van der Waals surface area contributed by atoms with Crippen LogP contribution in [0.1, 0.15) is 30.7 Å². The van der Waals surface area contributed by atoms with E-state index in [-0.39, 0.29) is 11.4 Å². The minimum absolute atomic E-state index is 0.195. The van der Waals surface area contributed by atoms with E-state index in [4.69, 9.17) is 0 Å². The molecule has 2 nitrogen and oxygen atoms in total. The molecule has 0 saturated heterocycles. The molecule has 3 heteroatoms. The number of allylic oxidation sites excluding steroid dienone is 7. The van der Waals surface area contributed by atoms with Gasteiger partial charge in [-0.25, -0.2) is 4.39 Å². The average Bonchev–Trinajstić information content (AvgIpc) is 2.43. The van der Waals surface area contributed by atoms with Crippen LogP contribution in [0, 0.1) is 6.92 Å². The van der Waals surface area contributed by atoms with Gasteiger partial charge in [0.15, 0.2) is 0 Å². The summed E-state index contributed by atoms with van der Waals surface area (Å²) in [5.41, 5.74) is 3.41. The van der Waals surface area contributed by atoms with E-state index in [1.807, 2.05) is 19.9 Å². The van der Waals surface area contributed by atoms with Gasteiger partial charge in [0.2, 0.25) is 0 Å². The number of aromatic amines is 1. The third kappa shape index (κ3) is 4.56. The van der Waals surface area contributed by atoms with Crippen molar-refractivity contribution in [3.05, 3.63) is 82.1 Å². The second-order valence-electron chi connectivity index (χ2n) is 4.78. The van der Waals surface area contributed by atoms with Crippen molar-refractivity contribution in [2.45, 2.75) is 20.8 Å². The zero-order valence-electron chi connectivity index (χ0n) is 12.7. The molecule has 0 aliphatic carbocycles. The van der Waals surface area contributed by atoms with Gasteiger partial charge < -0.3 is 4.98 Å². The van der Waals surface area contributed by atoms with E-state index >= 15 is 0 Å². The Morgan fingerprint density at radius 3 is 2.38 bits per heavy atom. The Hall–Kier alpha value is -2.42. The molecule has 1 N–H and O–H groups in total. The lowest BCUT2D eigenvalue weighted by Gasteiger charge is -2.06. The number of nitrogens with one attached hydrogen (secondary N) is 1. The Bertz CT molecular complexity index is 698. The average molecular weight is 285 g/mol. The summed E-state index contributed by atoms with van der Waals surface area (Å²) in [7, 11) is 0. The van der Waals surface area contributed by atoms with Crippen molar-refractivity contribution in [1.29, 1.82) is 0 Å². The molecule has 0 bridgehead atoms. The van der Waals surface area contributed by atoms with Crippen molar-refractivity contribution in [3.63, 3.8) is 0 Å². The third-order valence-corrected chi connectivity index (χ3v) is 3.00. The van der Waals surface area contributed by atoms with E-state index in [1.165, 1.54) is 13.0 Å². The van der Waals surface area contributed by atoms with Crippen LogP contribution in [0.15, 0.2) is 59.7 Å². The van der Waals surface area contributed by atoms with Crippen molar-refractivity contribution < 1.29 is 4.39 Å². The quantitative estimate of drug-likeness (QED) is 0.780. The maximum Gasteiger partial charge on any atom is 0.255 e. The molecule has 0 aliphatic rings. The highest BCUT2D eigenvalue weighted by Crippen LogP contribution is 2.17. The summed E-state index contributed by atoms with van der Waals surface area (Å²) in [6.07, 6.45) is 7.97. The van der Waals surface area contributed by atoms with Crippen molar-refractivity contribution in [3.8, 4) is 0 Å². The maximum atomic E-state index is 12.8. The van der Waals surface area contributed by atoms with E-state index in [1.54, 1.807) is 24.3 Å². The minimum atomic E-state index is -0.311. The molecule has 0 fully saturated rings. The van der Waals surface area contributed by atoms with Gasteiger partial charge in [-0.05, 0) is 50.1 Å². The molecule has 1 heterocycles. The molecule has 0 spiro atoms. The zero-order chi connectivity index (χ0) is 16.0. The number of rotatable bonds is 5. The molecule has 1 aromatic rings. The summed E-state index contributed by atoms with van der Waals surface area (Å²) in [6, 6.07) is 1.85. The maximum absolute atomic E-state index is 12.8. The lowest BCUT2D eigenvalue weighted by molar-refractivity contribution is 0.641. The van der Waals surface area contributed by atoms with Crippen molar-refractivity contribution in [2.75, 3.05) is 0 Å². The van der Waals surface area contributed by atoms with Gasteiger partial charge in [-0.3, -0.25) is 4.79 Å². The van der Waals surface area contributed by atoms with Crippen molar-refractivity contribution in [1.82, 2.24) is 4.98 Å². The predicted octanol–water partition coefficient (Wildman–Crippen LogP) is 4.72. The zero-order valence-corrected chi connectivity index (χ0v) is 12.7. The smallest absolute Gasteiger partial charge is 0.255 e. The molecule has 0 aliphatic heterocycles. The van der Waals surface area contributed by atoms with Gasteiger partial charge in [0.25, 0.3) is 5.56 Å². The fourth-order valence-corrected chi connectivity index (χ4v) is 1.79. The molecule has 0 saturated carbocycles. The minimum Gasteiger partial charge on any atom is -0.321 e. The van der Waals surface area contributed by atoms with Gasteiger partial charge in [-0.2, -0.15) is 0 Å². The van der Waals surface area contributed by atoms with Crippen LogP contribution < -0.4 is 5.56 Å². The molecule has 1 aromatic heterocycles. The van der Waals surface area contributed by atoms with Gasteiger partial charge in [-0.15, -0.1) is 0 Å². The molecule has 0 unspecified atom stereocenters. The normalized spacial score (nSPS) is 13.2. The molecule has 0 atom stereocenters. The molecule has 0 aromatic carbocycles. The van der Waals surface area contributed by atoms with Crippen LogP contribution in [0.3, 0.4) is 0 Å². The van der Waals surface area contributed by atoms with Crippen LogP contribution >= 0.6 is 0 Å². The predicted molar refractivity (Wildman–Crippen MR) is 88.7 cm³/mol. The molecule has 1 rings (SSSR count). The molecular weight excluding hydrogens is 265 g/mol. The Morgan fingerprint density at radius 2 is 1.90 bits per heavy atom. The van der Waals surface area contributed by atoms with Crippen LogP contribution in [0.2, 0.25) is 0 Å². The number of hydrogen-bond acceptors (Lipinski definition) is 1. The van der Waals surface area contributed by atoms with Crippen LogP contribution in [0.4, 0.5) is 4.39 Å². The highest BCUT2D eigenvalue weighted by atomic mass is 19.1. The van der Waals surface area contributed by atoms with E-state index in [9.17, 15) is 9.18 Å². The molecule has 0 amide bonds. The Labute approximate surface area is 124 Å². The van der Waals surface area contributed by atoms with Gasteiger partial charge in [0.05, 0.1) is 5.83 Å². The second-order valence-corrected chi connectivity index (χ2v) is 4.78. The van der Waals surface area contributed by atoms with Crippen LogP contribution in [-0.4, -0.2) is 4.98 Å². The summed E-state index contributed by atoms with van der Waals surface area (Å²) in [6.45, 7) is 12.5. The molecule has 110 valence electrons. The van der Waals surface area contributed by atoms with E-state index < -0.39 is 0 Å². The van der Waals surface area contributed by atoms with Gasteiger partial charge in [-0.1, -0.05) is 37.0 Å². The van der Waals surface area contributed by atoms with E-state index in [0.717, 1.165) is 11.1 Å². The monoisotopic (exact) mass is 285 g/mol. The number of halogens is 1. The SMILES string of the molecule is C=C/C(C)=C\c1c(C)cc(/C(C=C)=C/C=C(\C)F)[nH]c1=O. The van der Waals surface area contributed by atoms with Gasteiger partial charge >= 0.3 is 0 Å². The largest absolute Gasteiger partial charge is 0.321 e. The number of H-pyrrole nitrogens is 1. The summed E-state index contributed by atoms with van der Waals surface area (Å²) in [5.74, 6) is -0.311. The number of aromatic nitrogens is 1. The van der Waals surface area contributed by atoms with E-state index in [2.05, 4.69) is 18.1 Å². The first-order valence-corrected chi connectivity index (χ1v) is 6.60. The van der Waals surface area contributed by atoms with Crippen LogP contribution in [-0.2, 0) is 0 Å². The first-order valence-electron chi connectivity index (χ1n) is 6.60. The second kappa shape index (κ2) is 7.39. The Morgan fingerprint density at radius 1 is 1.24 bits per heavy atom. The lowest BCUT2D eigenvalue weighted by Crippen LogP contribution is -2.13. The Balaban J connectivity index is 3.41. The van der Waals surface area contributed by atoms with Crippen LogP contribution in [0.25, 0.3) is 11.6 Å². The highest BCUT2D eigenvalue weighted by Gasteiger charge is 2.06. The van der Waals surface area contributed by atoms with Crippen molar-refractivity contribution >= 4 is 11.6 Å². The van der Waals surface area contributed by atoms with Crippen LogP contribution in [0.5, 0.6) is 0 Å².